The van der Waals surface area contributed by atoms with Gasteiger partial charge < -0.3 is 4.90 Å². The molecule has 0 atom stereocenters. The van der Waals surface area contributed by atoms with E-state index in [4.69, 9.17) is 0 Å². The fourth-order valence-corrected chi connectivity index (χ4v) is 2.21. The van der Waals surface area contributed by atoms with Crippen molar-refractivity contribution < 1.29 is 4.39 Å². The molecule has 0 unspecified atom stereocenters. The number of hydrogen-bond acceptors (Lipinski definition) is 2. The van der Waals surface area contributed by atoms with E-state index in [-0.39, 0.29) is 6.67 Å². The predicted molar refractivity (Wildman–Crippen MR) is 80.5 cm³/mol. The zero-order valence-corrected chi connectivity index (χ0v) is 11.7. The Morgan fingerprint density at radius 3 is 2.30 bits per heavy atom. The van der Waals surface area contributed by atoms with Crippen molar-refractivity contribution in [1.29, 1.82) is 0 Å². The van der Waals surface area contributed by atoms with Crippen molar-refractivity contribution >= 4 is 0 Å². The number of hydrogen-bond donors (Lipinski definition) is 0. The van der Waals surface area contributed by atoms with Gasteiger partial charge in [-0.15, -0.1) is 0 Å². The Kier molecular flexibility index (Phi) is 6.18. The minimum absolute atomic E-state index is 0.295. The molecule has 1 heterocycles. The summed E-state index contributed by atoms with van der Waals surface area (Å²) in [5.74, 6) is 0. The van der Waals surface area contributed by atoms with Crippen LogP contribution in [-0.2, 0) is 12.8 Å². The van der Waals surface area contributed by atoms with E-state index < -0.39 is 0 Å². The second-order valence-electron chi connectivity index (χ2n) is 4.84. The molecule has 0 aliphatic carbocycles. The molecule has 0 fully saturated rings. The monoisotopic (exact) mass is 272 g/mol. The van der Waals surface area contributed by atoms with E-state index >= 15 is 0 Å². The molecule has 0 amide bonds. The first-order valence-corrected chi connectivity index (χ1v) is 7.10. The molecule has 0 aliphatic rings. The summed E-state index contributed by atoms with van der Waals surface area (Å²) < 4.78 is 12.6. The summed E-state index contributed by atoms with van der Waals surface area (Å²) in [4.78, 5) is 6.48. The van der Waals surface area contributed by atoms with Gasteiger partial charge in [0.1, 0.15) is 6.67 Å². The molecule has 0 bridgehead atoms. The maximum atomic E-state index is 12.6. The molecule has 0 saturated carbocycles. The van der Waals surface area contributed by atoms with Crippen molar-refractivity contribution in [2.24, 2.45) is 0 Å². The molecule has 2 rings (SSSR count). The second kappa shape index (κ2) is 8.43. The molecular weight excluding hydrogens is 251 g/mol. The highest BCUT2D eigenvalue weighted by molar-refractivity contribution is 5.14. The van der Waals surface area contributed by atoms with Gasteiger partial charge in [-0.05, 0) is 24.1 Å². The van der Waals surface area contributed by atoms with Crippen molar-refractivity contribution in [2.75, 3.05) is 26.3 Å². The SMILES string of the molecule is FCCN(CCc1ccccc1)CCc1ccccn1. The van der Waals surface area contributed by atoms with Crippen LogP contribution in [-0.4, -0.2) is 36.2 Å². The van der Waals surface area contributed by atoms with Crippen LogP contribution in [0.25, 0.3) is 0 Å². The lowest BCUT2D eigenvalue weighted by molar-refractivity contribution is 0.252. The van der Waals surface area contributed by atoms with Crippen LogP contribution in [0.4, 0.5) is 4.39 Å². The average molecular weight is 272 g/mol. The molecule has 0 saturated heterocycles. The standard InChI is InChI=1S/C17H21FN2/c18-11-15-20(13-9-16-6-2-1-3-7-16)14-10-17-8-4-5-12-19-17/h1-8,12H,9-11,13-15H2. The number of aromatic nitrogens is 1. The predicted octanol–water partition coefficient (Wildman–Crippen LogP) is 3.14. The number of alkyl halides is 1. The first-order valence-electron chi connectivity index (χ1n) is 7.10. The van der Waals surface area contributed by atoms with Gasteiger partial charge in [0.25, 0.3) is 0 Å². The Hall–Kier alpha value is -1.74. The zero-order chi connectivity index (χ0) is 14.0. The molecule has 1 aromatic heterocycles. The first-order chi connectivity index (χ1) is 9.88. The largest absolute Gasteiger partial charge is 0.300 e. The number of halogens is 1. The van der Waals surface area contributed by atoms with Crippen LogP contribution in [0.3, 0.4) is 0 Å². The highest BCUT2D eigenvalue weighted by Gasteiger charge is 2.06. The Bertz CT molecular complexity index is 429. The summed E-state index contributed by atoms with van der Waals surface area (Å²) in [7, 11) is 0. The summed E-state index contributed by atoms with van der Waals surface area (Å²) >= 11 is 0. The van der Waals surface area contributed by atoms with Gasteiger partial charge in [0.05, 0.1) is 0 Å². The van der Waals surface area contributed by atoms with Gasteiger partial charge in [-0.1, -0.05) is 36.4 Å². The third-order valence-corrected chi connectivity index (χ3v) is 3.37. The average Bonchev–Trinajstić information content (AvgIpc) is 2.52. The molecule has 3 heteroatoms. The zero-order valence-electron chi connectivity index (χ0n) is 11.7. The van der Waals surface area contributed by atoms with E-state index in [9.17, 15) is 4.39 Å². The number of nitrogens with zero attached hydrogens (tertiary/aromatic N) is 2. The molecule has 1 aromatic carbocycles. The minimum Gasteiger partial charge on any atom is -0.300 e. The van der Waals surface area contributed by atoms with Crippen LogP contribution in [0, 0.1) is 0 Å². The number of benzene rings is 1. The molecule has 2 nitrogen and oxygen atoms in total. The van der Waals surface area contributed by atoms with E-state index in [1.165, 1.54) is 5.56 Å². The van der Waals surface area contributed by atoms with Gasteiger partial charge in [0.15, 0.2) is 0 Å². The van der Waals surface area contributed by atoms with Crippen LogP contribution in [0.15, 0.2) is 54.7 Å². The number of pyridine rings is 1. The van der Waals surface area contributed by atoms with Crippen LogP contribution in [0.2, 0.25) is 0 Å². The van der Waals surface area contributed by atoms with Gasteiger partial charge in [0.2, 0.25) is 0 Å². The minimum atomic E-state index is -0.295. The van der Waals surface area contributed by atoms with E-state index in [0.717, 1.165) is 31.6 Å². The Morgan fingerprint density at radius 1 is 0.850 bits per heavy atom. The van der Waals surface area contributed by atoms with Gasteiger partial charge in [-0.3, -0.25) is 4.98 Å². The van der Waals surface area contributed by atoms with Gasteiger partial charge in [0, 0.05) is 37.9 Å². The molecular formula is C17H21FN2. The fraction of sp³-hybridized carbons (Fsp3) is 0.353. The lowest BCUT2D eigenvalue weighted by Gasteiger charge is -2.20. The van der Waals surface area contributed by atoms with Crippen molar-refractivity contribution in [3.63, 3.8) is 0 Å². The van der Waals surface area contributed by atoms with Gasteiger partial charge >= 0.3 is 0 Å². The molecule has 0 spiro atoms. The van der Waals surface area contributed by atoms with Gasteiger partial charge in [-0.25, -0.2) is 4.39 Å². The summed E-state index contributed by atoms with van der Waals surface area (Å²) in [6, 6.07) is 16.3. The summed E-state index contributed by atoms with van der Waals surface area (Å²) in [6.07, 6.45) is 3.64. The highest BCUT2D eigenvalue weighted by atomic mass is 19.1. The lowest BCUT2D eigenvalue weighted by atomic mass is 10.1. The highest BCUT2D eigenvalue weighted by Crippen LogP contribution is 2.03. The van der Waals surface area contributed by atoms with E-state index in [2.05, 4.69) is 22.0 Å². The summed E-state index contributed by atoms with van der Waals surface area (Å²) in [6.45, 7) is 1.95. The molecule has 0 aliphatic heterocycles. The van der Waals surface area contributed by atoms with Crippen molar-refractivity contribution in [3.8, 4) is 0 Å². The Morgan fingerprint density at radius 2 is 1.60 bits per heavy atom. The molecule has 0 N–H and O–H groups in total. The second-order valence-corrected chi connectivity index (χ2v) is 4.84. The summed E-state index contributed by atoms with van der Waals surface area (Å²) in [5.41, 5.74) is 2.37. The van der Waals surface area contributed by atoms with Crippen molar-refractivity contribution in [3.05, 3.63) is 66.0 Å². The maximum Gasteiger partial charge on any atom is 0.102 e. The molecule has 0 radical (unpaired) electrons. The fourth-order valence-electron chi connectivity index (χ4n) is 2.21. The number of rotatable bonds is 8. The third kappa shape index (κ3) is 5.10. The Balaban J connectivity index is 1.81. The first kappa shape index (κ1) is 14.7. The maximum absolute atomic E-state index is 12.6. The van der Waals surface area contributed by atoms with E-state index in [1.54, 1.807) is 6.20 Å². The van der Waals surface area contributed by atoms with Crippen LogP contribution < -0.4 is 0 Å². The Labute approximate surface area is 120 Å². The normalized spacial score (nSPS) is 10.9. The van der Waals surface area contributed by atoms with Gasteiger partial charge in [-0.2, -0.15) is 0 Å². The lowest BCUT2D eigenvalue weighted by Crippen LogP contribution is -2.30. The molecule has 20 heavy (non-hydrogen) atoms. The quantitative estimate of drug-likeness (QED) is 0.734. The molecule has 2 aromatic rings. The topological polar surface area (TPSA) is 16.1 Å². The molecule has 106 valence electrons. The van der Waals surface area contributed by atoms with Crippen molar-refractivity contribution in [2.45, 2.75) is 12.8 Å². The van der Waals surface area contributed by atoms with Crippen molar-refractivity contribution in [1.82, 2.24) is 9.88 Å². The van der Waals surface area contributed by atoms with E-state index in [0.29, 0.717) is 6.54 Å². The third-order valence-electron chi connectivity index (χ3n) is 3.37. The smallest absolute Gasteiger partial charge is 0.102 e. The summed E-state index contributed by atoms with van der Waals surface area (Å²) in [5, 5.41) is 0. The van der Waals surface area contributed by atoms with Crippen LogP contribution in [0.1, 0.15) is 11.3 Å². The van der Waals surface area contributed by atoms with Crippen LogP contribution in [0.5, 0.6) is 0 Å². The van der Waals surface area contributed by atoms with E-state index in [1.807, 2.05) is 36.4 Å². The van der Waals surface area contributed by atoms with Crippen LogP contribution >= 0.6 is 0 Å².